The summed E-state index contributed by atoms with van der Waals surface area (Å²) in [6.07, 6.45) is -10.5. The Morgan fingerprint density at radius 2 is 1.50 bits per heavy atom. The van der Waals surface area contributed by atoms with Crippen molar-refractivity contribution in [3.8, 4) is 0 Å². The van der Waals surface area contributed by atoms with Crippen molar-refractivity contribution in [3.63, 3.8) is 0 Å². The second-order valence-corrected chi connectivity index (χ2v) is 6.59. The van der Waals surface area contributed by atoms with E-state index in [4.69, 9.17) is 0 Å². The SMILES string of the molecule is CN(C)C(=O)C1(C(F)(F)F)C(c2ccccc2)N(c2ccccc2)OC1(F)F. The van der Waals surface area contributed by atoms with Gasteiger partial charge in [0.2, 0.25) is 5.91 Å². The molecule has 1 aliphatic rings. The third-order valence-corrected chi connectivity index (χ3v) is 4.63. The molecule has 150 valence electrons. The lowest BCUT2D eigenvalue weighted by Crippen LogP contribution is -2.61. The van der Waals surface area contributed by atoms with Crippen LogP contribution in [0.15, 0.2) is 60.7 Å². The summed E-state index contributed by atoms with van der Waals surface area (Å²) >= 11 is 0. The Balaban J connectivity index is 2.35. The number of para-hydroxylation sites is 1. The smallest absolute Gasteiger partial charge is 0.348 e. The van der Waals surface area contributed by atoms with E-state index in [1.807, 2.05) is 0 Å². The number of benzene rings is 2. The molecule has 2 atom stereocenters. The molecular weight excluding hydrogens is 383 g/mol. The summed E-state index contributed by atoms with van der Waals surface area (Å²) in [6.45, 7) is 0. The molecular formula is C19H17F5N2O2. The van der Waals surface area contributed by atoms with Crippen LogP contribution in [0.25, 0.3) is 0 Å². The number of rotatable bonds is 3. The average molecular weight is 400 g/mol. The van der Waals surface area contributed by atoms with Gasteiger partial charge in [0.25, 0.3) is 5.41 Å². The standard InChI is InChI=1S/C19H17F5N2O2/c1-25(2)16(27)17(18(20,21)22)15(13-9-5-3-6-10-13)26(28-19(17,23)24)14-11-7-4-8-12-14/h3-12,15H,1-2H3. The third kappa shape index (κ3) is 2.81. The Labute approximate surface area is 158 Å². The largest absolute Gasteiger partial charge is 0.414 e. The number of hydrogen-bond donors (Lipinski definition) is 0. The van der Waals surface area contributed by atoms with Gasteiger partial charge in [0.15, 0.2) is 0 Å². The molecule has 0 aliphatic carbocycles. The van der Waals surface area contributed by atoms with E-state index in [1.165, 1.54) is 54.6 Å². The first-order valence-electron chi connectivity index (χ1n) is 8.28. The van der Waals surface area contributed by atoms with Crippen molar-refractivity contribution in [2.75, 3.05) is 19.2 Å². The minimum atomic E-state index is -5.61. The van der Waals surface area contributed by atoms with Gasteiger partial charge in [0.1, 0.15) is 6.04 Å². The van der Waals surface area contributed by atoms with Crippen LogP contribution in [0.2, 0.25) is 0 Å². The molecule has 0 radical (unpaired) electrons. The zero-order valence-corrected chi connectivity index (χ0v) is 15.0. The Hall–Kier alpha value is -2.68. The van der Waals surface area contributed by atoms with Gasteiger partial charge >= 0.3 is 12.3 Å². The van der Waals surface area contributed by atoms with Crippen molar-refractivity contribution >= 4 is 11.6 Å². The van der Waals surface area contributed by atoms with Crippen molar-refractivity contribution < 1.29 is 31.6 Å². The summed E-state index contributed by atoms with van der Waals surface area (Å²) < 4.78 is 73.0. The van der Waals surface area contributed by atoms with E-state index >= 15 is 8.78 Å². The summed E-state index contributed by atoms with van der Waals surface area (Å²) in [5.41, 5.74) is -4.30. The van der Waals surface area contributed by atoms with E-state index in [2.05, 4.69) is 4.84 Å². The molecule has 1 saturated heterocycles. The summed E-state index contributed by atoms with van der Waals surface area (Å²) in [6, 6.07) is 11.9. The molecule has 2 unspecified atom stereocenters. The van der Waals surface area contributed by atoms with E-state index < -0.39 is 29.6 Å². The number of carbonyl (C=O) groups is 1. The molecule has 9 heteroatoms. The fourth-order valence-electron chi connectivity index (χ4n) is 3.42. The molecule has 4 nitrogen and oxygen atoms in total. The summed E-state index contributed by atoms with van der Waals surface area (Å²) in [5, 5.41) is 0.476. The monoisotopic (exact) mass is 400 g/mol. The van der Waals surface area contributed by atoms with Crippen LogP contribution in [0.3, 0.4) is 0 Å². The Bertz CT molecular complexity index is 842. The van der Waals surface area contributed by atoms with Gasteiger partial charge in [0.05, 0.1) is 5.69 Å². The van der Waals surface area contributed by atoms with Crippen molar-refractivity contribution in [1.29, 1.82) is 0 Å². The molecule has 0 bridgehead atoms. The maximum absolute atomic E-state index is 15.0. The van der Waals surface area contributed by atoms with Crippen LogP contribution in [-0.4, -0.2) is 37.2 Å². The van der Waals surface area contributed by atoms with Gasteiger partial charge in [0, 0.05) is 14.1 Å². The second kappa shape index (κ2) is 6.73. The highest BCUT2D eigenvalue weighted by atomic mass is 19.4. The second-order valence-electron chi connectivity index (χ2n) is 6.59. The minimum Gasteiger partial charge on any atom is -0.348 e. The molecule has 1 heterocycles. The lowest BCUT2D eigenvalue weighted by molar-refractivity contribution is -0.339. The van der Waals surface area contributed by atoms with Gasteiger partial charge in [-0.25, -0.2) is 5.06 Å². The van der Waals surface area contributed by atoms with Gasteiger partial charge in [-0.2, -0.15) is 26.8 Å². The summed E-state index contributed by atoms with van der Waals surface area (Å²) in [7, 11) is 2.00. The molecule has 0 N–H and O–H groups in total. The first kappa shape index (κ1) is 20.1. The number of hydrogen-bond acceptors (Lipinski definition) is 3. The van der Waals surface area contributed by atoms with Crippen molar-refractivity contribution in [2.24, 2.45) is 5.41 Å². The Morgan fingerprint density at radius 3 is 1.96 bits per heavy atom. The molecule has 2 aromatic carbocycles. The maximum Gasteiger partial charge on any atom is 0.414 e. The first-order valence-corrected chi connectivity index (χ1v) is 8.28. The van der Waals surface area contributed by atoms with E-state index in [0.29, 0.717) is 9.96 Å². The number of alkyl halides is 5. The van der Waals surface area contributed by atoms with Crippen molar-refractivity contribution in [1.82, 2.24) is 4.90 Å². The van der Waals surface area contributed by atoms with Crippen LogP contribution in [0.5, 0.6) is 0 Å². The number of halogens is 5. The van der Waals surface area contributed by atoms with Crippen LogP contribution in [0, 0.1) is 5.41 Å². The predicted octanol–water partition coefficient (Wildman–Crippen LogP) is 4.41. The van der Waals surface area contributed by atoms with Crippen LogP contribution < -0.4 is 5.06 Å². The molecule has 0 aromatic heterocycles. The number of hydroxylamine groups is 1. The molecule has 3 rings (SSSR count). The first-order chi connectivity index (χ1) is 13.0. The number of nitrogens with zero attached hydrogens (tertiary/aromatic N) is 2. The fourth-order valence-corrected chi connectivity index (χ4v) is 3.42. The average Bonchev–Trinajstić information content (AvgIpc) is 2.90. The summed E-state index contributed by atoms with van der Waals surface area (Å²) in [5.74, 6) is -1.79. The quantitative estimate of drug-likeness (QED) is 0.716. The molecule has 0 spiro atoms. The lowest BCUT2D eigenvalue weighted by atomic mass is 9.74. The molecule has 1 fully saturated rings. The summed E-state index contributed by atoms with van der Waals surface area (Å²) in [4.78, 5) is 17.8. The molecule has 1 aliphatic heterocycles. The van der Waals surface area contributed by atoms with E-state index in [9.17, 15) is 18.0 Å². The topological polar surface area (TPSA) is 32.8 Å². The van der Waals surface area contributed by atoms with E-state index in [1.54, 1.807) is 6.07 Å². The molecule has 2 aromatic rings. The van der Waals surface area contributed by atoms with Gasteiger partial charge in [-0.3, -0.25) is 4.79 Å². The predicted molar refractivity (Wildman–Crippen MR) is 91.3 cm³/mol. The van der Waals surface area contributed by atoms with Gasteiger partial charge in [-0.05, 0) is 17.7 Å². The van der Waals surface area contributed by atoms with Crippen molar-refractivity contribution in [2.45, 2.75) is 18.3 Å². The highest BCUT2D eigenvalue weighted by Gasteiger charge is 2.85. The van der Waals surface area contributed by atoms with E-state index in [0.717, 1.165) is 14.1 Å². The molecule has 1 amide bonds. The zero-order chi connectivity index (χ0) is 20.7. The number of anilines is 1. The van der Waals surface area contributed by atoms with Crippen LogP contribution >= 0.6 is 0 Å². The van der Waals surface area contributed by atoms with Gasteiger partial charge in [-0.1, -0.05) is 48.5 Å². The Morgan fingerprint density at radius 1 is 1.00 bits per heavy atom. The van der Waals surface area contributed by atoms with Crippen molar-refractivity contribution in [3.05, 3.63) is 66.2 Å². The molecule has 28 heavy (non-hydrogen) atoms. The number of carbonyl (C=O) groups excluding carboxylic acids is 1. The minimum absolute atomic E-state index is 0.0336. The maximum atomic E-state index is 15.0. The lowest BCUT2D eigenvalue weighted by Gasteiger charge is -2.38. The van der Waals surface area contributed by atoms with Gasteiger partial charge in [-0.15, -0.1) is 0 Å². The Kier molecular flexibility index (Phi) is 4.82. The van der Waals surface area contributed by atoms with Crippen LogP contribution in [0.1, 0.15) is 11.6 Å². The third-order valence-electron chi connectivity index (χ3n) is 4.63. The molecule has 0 saturated carbocycles. The fraction of sp³-hybridized carbons (Fsp3) is 0.316. The normalized spacial score (nSPS) is 24.2. The van der Waals surface area contributed by atoms with Crippen LogP contribution in [0.4, 0.5) is 27.6 Å². The van der Waals surface area contributed by atoms with E-state index in [-0.39, 0.29) is 11.3 Å². The zero-order valence-electron chi connectivity index (χ0n) is 15.0. The highest BCUT2D eigenvalue weighted by molar-refractivity contribution is 5.86. The van der Waals surface area contributed by atoms with Crippen LogP contribution in [-0.2, 0) is 9.63 Å². The number of amides is 1. The van der Waals surface area contributed by atoms with Gasteiger partial charge < -0.3 is 4.90 Å². The highest BCUT2D eigenvalue weighted by Crippen LogP contribution is 2.65.